The van der Waals surface area contributed by atoms with E-state index >= 15 is 0 Å². The van der Waals surface area contributed by atoms with Gasteiger partial charge in [0, 0.05) is 0 Å². The molecule has 0 amide bonds. The first-order valence-electron chi connectivity index (χ1n) is 7.34. The first-order chi connectivity index (χ1) is 9.99. The monoisotopic (exact) mass is 293 g/mol. The van der Waals surface area contributed by atoms with E-state index in [4.69, 9.17) is 9.47 Å². The normalized spacial score (nSPS) is 13.3. The topological polar surface area (TPSA) is 65.5 Å². The lowest BCUT2D eigenvalue weighted by Gasteiger charge is -2.18. The number of hydrogen-bond donors (Lipinski definition) is 0. The Balaban J connectivity index is 2.75. The standard InChI is InChI=1S/C16H23NO4/c1-5-10-20-15(18)13-8-7-9-14(17-13)16(19)21-12(4)11(3)6-2/h7-9,11-12H,5-6,10H2,1-4H3. The summed E-state index contributed by atoms with van der Waals surface area (Å²) < 4.78 is 10.3. The molecule has 2 unspecified atom stereocenters. The Bertz CT molecular complexity index is 487. The third-order valence-corrected chi connectivity index (χ3v) is 3.34. The van der Waals surface area contributed by atoms with E-state index in [9.17, 15) is 9.59 Å². The van der Waals surface area contributed by atoms with Crippen molar-refractivity contribution in [2.75, 3.05) is 6.61 Å². The third-order valence-electron chi connectivity index (χ3n) is 3.34. The SMILES string of the molecule is CCCOC(=O)c1cccc(C(=O)OC(C)C(C)CC)n1. The van der Waals surface area contributed by atoms with Gasteiger partial charge >= 0.3 is 11.9 Å². The molecule has 1 rings (SSSR count). The van der Waals surface area contributed by atoms with E-state index < -0.39 is 11.9 Å². The van der Waals surface area contributed by atoms with E-state index in [1.165, 1.54) is 12.1 Å². The van der Waals surface area contributed by atoms with Gasteiger partial charge in [0.1, 0.15) is 17.5 Å². The van der Waals surface area contributed by atoms with Gasteiger partial charge in [0.2, 0.25) is 0 Å². The summed E-state index contributed by atoms with van der Waals surface area (Å²) in [6.45, 7) is 8.15. The minimum Gasteiger partial charge on any atom is -0.461 e. The van der Waals surface area contributed by atoms with Crippen LogP contribution in [0.1, 0.15) is 61.5 Å². The maximum absolute atomic E-state index is 12.0. The van der Waals surface area contributed by atoms with Crippen molar-refractivity contribution < 1.29 is 19.1 Å². The Morgan fingerprint density at radius 3 is 2.33 bits per heavy atom. The first-order valence-corrected chi connectivity index (χ1v) is 7.34. The summed E-state index contributed by atoms with van der Waals surface area (Å²) in [5.41, 5.74) is 0.241. The lowest BCUT2D eigenvalue weighted by Crippen LogP contribution is -2.22. The maximum Gasteiger partial charge on any atom is 0.357 e. The minimum absolute atomic E-state index is 0.120. The number of carbonyl (C=O) groups excluding carboxylic acids is 2. The van der Waals surface area contributed by atoms with Crippen molar-refractivity contribution in [2.45, 2.75) is 46.6 Å². The number of carbonyl (C=O) groups is 2. The predicted octanol–water partition coefficient (Wildman–Crippen LogP) is 3.24. The van der Waals surface area contributed by atoms with Gasteiger partial charge in [-0.25, -0.2) is 14.6 Å². The largest absolute Gasteiger partial charge is 0.461 e. The highest BCUT2D eigenvalue weighted by atomic mass is 16.5. The van der Waals surface area contributed by atoms with Gasteiger partial charge in [-0.2, -0.15) is 0 Å². The Kier molecular flexibility index (Phi) is 6.85. The van der Waals surface area contributed by atoms with Crippen LogP contribution < -0.4 is 0 Å². The molecule has 0 radical (unpaired) electrons. The molecule has 0 aliphatic rings. The molecule has 0 saturated heterocycles. The van der Waals surface area contributed by atoms with Crippen molar-refractivity contribution in [1.82, 2.24) is 4.98 Å². The van der Waals surface area contributed by atoms with Gasteiger partial charge in [-0.05, 0) is 31.4 Å². The van der Waals surface area contributed by atoms with Crippen LogP contribution in [-0.4, -0.2) is 29.6 Å². The van der Waals surface area contributed by atoms with Gasteiger partial charge in [0.25, 0.3) is 0 Å². The highest BCUT2D eigenvalue weighted by Crippen LogP contribution is 2.13. The number of pyridine rings is 1. The second-order valence-corrected chi connectivity index (χ2v) is 5.04. The summed E-state index contributed by atoms with van der Waals surface area (Å²) in [6.07, 6.45) is 1.46. The third kappa shape index (κ3) is 5.17. The van der Waals surface area contributed by atoms with E-state index in [2.05, 4.69) is 4.98 Å². The summed E-state index contributed by atoms with van der Waals surface area (Å²) in [5.74, 6) is -0.777. The van der Waals surface area contributed by atoms with Gasteiger partial charge in [0.15, 0.2) is 0 Å². The molecular weight excluding hydrogens is 270 g/mol. The molecule has 0 bridgehead atoms. The van der Waals surface area contributed by atoms with Crippen LogP contribution >= 0.6 is 0 Å². The number of rotatable bonds is 7. The van der Waals surface area contributed by atoms with Gasteiger partial charge in [-0.15, -0.1) is 0 Å². The lowest BCUT2D eigenvalue weighted by atomic mass is 10.0. The van der Waals surface area contributed by atoms with E-state index in [0.29, 0.717) is 6.61 Å². The molecular formula is C16H23NO4. The van der Waals surface area contributed by atoms with Crippen LogP contribution in [0.3, 0.4) is 0 Å². The molecule has 0 saturated carbocycles. The molecule has 5 heteroatoms. The molecule has 0 fully saturated rings. The number of hydrogen-bond acceptors (Lipinski definition) is 5. The molecule has 0 aromatic carbocycles. The summed E-state index contributed by atoms with van der Waals surface area (Å²) >= 11 is 0. The Morgan fingerprint density at radius 1 is 1.14 bits per heavy atom. The maximum atomic E-state index is 12.0. The van der Waals surface area contributed by atoms with Crippen LogP contribution in [0.5, 0.6) is 0 Å². The Hall–Kier alpha value is -1.91. The summed E-state index contributed by atoms with van der Waals surface area (Å²) in [4.78, 5) is 27.8. The molecule has 0 spiro atoms. The van der Waals surface area contributed by atoms with Crippen molar-refractivity contribution in [2.24, 2.45) is 5.92 Å². The van der Waals surface area contributed by atoms with E-state index in [0.717, 1.165) is 12.8 Å². The molecule has 1 aromatic rings. The van der Waals surface area contributed by atoms with Crippen LogP contribution in [0, 0.1) is 5.92 Å². The molecule has 2 atom stereocenters. The number of esters is 2. The number of aromatic nitrogens is 1. The van der Waals surface area contributed by atoms with Crippen LogP contribution in [0.4, 0.5) is 0 Å². The fourth-order valence-corrected chi connectivity index (χ4v) is 1.61. The molecule has 0 N–H and O–H groups in total. The minimum atomic E-state index is -0.526. The zero-order valence-corrected chi connectivity index (χ0v) is 13.1. The predicted molar refractivity (Wildman–Crippen MR) is 79.1 cm³/mol. The highest BCUT2D eigenvalue weighted by Gasteiger charge is 2.19. The van der Waals surface area contributed by atoms with Crippen molar-refractivity contribution in [1.29, 1.82) is 0 Å². The fourth-order valence-electron chi connectivity index (χ4n) is 1.61. The van der Waals surface area contributed by atoms with Crippen LogP contribution in [-0.2, 0) is 9.47 Å². The van der Waals surface area contributed by atoms with Gasteiger partial charge in [0.05, 0.1) is 6.61 Å². The lowest BCUT2D eigenvalue weighted by molar-refractivity contribution is 0.0206. The Morgan fingerprint density at radius 2 is 1.76 bits per heavy atom. The fraction of sp³-hybridized carbons (Fsp3) is 0.562. The smallest absolute Gasteiger partial charge is 0.357 e. The molecule has 0 aliphatic carbocycles. The number of ether oxygens (including phenoxy) is 2. The van der Waals surface area contributed by atoms with Gasteiger partial charge in [-0.1, -0.05) is 33.3 Å². The molecule has 116 valence electrons. The Labute approximate surface area is 125 Å². The van der Waals surface area contributed by atoms with Crippen molar-refractivity contribution in [3.8, 4) is 0 Å². The quantitative estimate of drug-likeness (QED) is 0.722. The molecule has 1 heterocycles. The van der Waals surface area contributed by atoms with Crippen molar-refractivity contribution in [3.05, 3.63) is 29.6 Å². The first kappa shape index (κ1) is 17.1. The summed E-state index contributed by atoms with van der Waals surface area (Å²) in [7, 11) is 0. The summed E-state index contributed by atoms with van der Waals surface area (Å²) in [5, 5.41) is 0. The van der Waals surface area contributed by atoms with Crippen LogP contribution in [0.2, 0.25) is 0 Å². The van der Waals surface area contributed by atoms with Gasteiger partial charge in [-0.3, -0.25) is 0 Å². The van der Waals surface area contributed by atoms with Crippen LogP contribution in [0.25, 0.3) is 0 Å². The number of nitrogens with zero attached hydrogens (tertiary/aromatic N) is 1. The zero-order valence-electron chi connectivity index (χ0n) is 13.1. The highest BCUT2D eigenvalue weighted by molar-refractivity contribution is 5.91. The molecule has 1 aromatic heterocycles. The second-order valence-electron chi connectivity index (χ2n) is 5.04. The molecule has 21 heavy (non-hydrogen) atoms. The second kappa shape index (κ2) is 8.39. The van der Waals surface area contributed by atoms with E-state index in [1.54, 1.807) is 6.07 Å². The van der Waals surface area contributed by atoms with Gasteiger partial charge < -0.3 is 9.47 Å². The molecule has 5 nitrogen and oxygen atoms in total. The van der Waals surface area contributed by atoms with E-state index in [-0.39, 0.29) is 23.4 Å². The van der Waals surface area contributed by atoms with Crippen molar-refractivity contribution >= 4 is 11.9 Å². The molecule has 0 aliphatic heterocycles. The summed E-state index contributed by atoms with van der Waals surface area (Å²) in [6, 6.07) is 4.65. The average molecular weight is 293 g/mol. The van der Waals surface area contributed by atoms with E-state index in [1.807, 2.05) is 27.7 Å². The zero-order chi connectivity index (χ0) is 15.8. The van der Waals surface area contributed by atoms with Crippen LogP contribution in [0.15, 0.2) is 18.2 Å². The average Bonchev–Trinajstić information content (AvgIpc) is 2.51. The van der Waals surface area contributed by atoms with Crippen molar-refractivity contribution in [3.63, 3.8) is 0 Å².